The quantitative estimate of drug-likeness (QED) is 0.415. The van der Waals surface area contributed by atoms with E-state index in [0.717, 1.165) is 0 Å². The number of benzene rings is 1. The van der Waals surface area contributed by atoms with Crippen molar-refractivity contribution in [3.8, 4) is 0 Å². The van der Waals surface area contributed by atoms with Crippen LogP contribution in [0.1, 0.15) is 0 Å². The molecule has 1 aromatic rings. The lowest BCUT2D eigenvalue weighted by atomic mass is 10.3. The monoisotopic (exact) mass is 279 g/mol. The highest BCUT2D eigenvalue weighted by Gasteiger charge is 2.06. The lowest BCUT2D eigenvalue weighted by Crippen LogP contribution is -2.26. The maximum Gasteiger partial charge on any atom is 0.223 e. The van der Waals surface area contributed by atoms with Crippen LogP contribution in [0.3, 0.4) is 0 Å². The number of nitrogens with zero attached hydrogens (tertiary/aromatic N) is 2. The van der Waals surface area contributed by atoms with E-state index < -0.39 is 0 Å². The molecule has 0 atom stereocenters. The van der Waals surface area contributed by atoms with Crippen molar-refractivity contribution in [1.82, 2.24) is 0 Å². The van der Waals surface area contributed by atoms with Gasteiger partial charge >= 0.3 is 0 Å². The SMILES string of the molecule is NC(N)=NC(N)=Nc1cc(Cl)cc(Cl)c1Cl. The summed E-state index contributed by atoms with van der Waals surface area (Å²) in [5, 5.41) is 0.871. The van der Waals surface area contributed by atoms with E-state index in [-0.39, 0.29) is 22.0 Å². The van der Waals surface area contributed by atoms with Gasteiger partial charge in [-0.3, -0.25) is 0 Å². The van der Waals surface area contributed by atoms with Crippen molar-refractivity contribution >= 4 is 52.4 Å². The Hall–Kier alpha value is -1.17. The second-order valence-corrected chi connectivity index (χ2v) is 3.95. The van der Waals surface area contributed by atoms with Crippen LogP contribution < -0.4 is 17.2 Å². The summed E-state index contributed by atoms with van der Waals surface area (Å²) in [5.74, 6) is -0.342. The Kier molecular flexibility index (Phi) is 4.23. The first-order valence-electron chi connectivity index (χ1n) is 3.98. The summed E-state index contributed by atoms with van der Waals surface area (Å²) in [7, 11) is 0. The van der Waals surface area contributed by atoms with Crippen molar-refractivity contribution in [3.63, 3.8) is 0 Å². The summed E-state index contributed by atoms with van der Waals surface area (Å²) in [6, 6.07) is 2.98. The van der Waals surface area contributed by atoms with Gasteiger partial charge in [-0.15, -0.1) is 0 Å². The fourth-order valence-corrected chi connectivity index (χ4v) is 1.54. The zero-order valence-corrected chi connectivity index (χ0v) is 10.2. The molecule has 0 radical (unpaired) electrons. The van der Waals surface area contributed by atoms with E-state index in [1.54, 1.807) is 0 Å². The van der Waals surface area contributed by atoms with Crippen molar-refractivity contribution in [1.29, 1.82) is 0 Å². The largest absolute Gasteiger partial charge is 0.370 e. The molecule has 0 fully saturated rings. The third kappa shape index (κ3) is 3.44. The molecule has 0 amide bonds. The fourth-order valence-electron chi connectivity index (χ4n) is 0.904. The van der Waals surface area contributed by atoms with Gasteiger partial charge in [0, 0.05) is 5.02 Å². The molecular formula is C8H8Cl3N5. The van der Waals surface area contributed by atoms with Crippen LogP contribution in [0.4, 0.5) is 5.69 Å². The Morgan fingerprint density at radius 3 is 2.25 bits per heavy atom. The maximum absolute atomic E-state index is 5.88. The molecule has 0 saturated heterocycles. The third-order valence-corrected chi connectivity index (χ3v) is 2.46. The zero-order valence-electron chi connectivity index (χ0n) is 7.92. The molecule has 6 N–H and O–H groups in total. The lowest BCUT2D eigenvalue weighted by molar-refractivity contribution is 1.38. The van der Waals surface area contributed by atoms with Gasteiger partial charge in [0.1, 0.15) is 0 Å². The summed E-state index contributed by atoms with van der Waals surface area (Å²) in [6.45, 7) is 0. The number of hydrogen-bond donors (Lipinski definition) is 3. The average Bonchev–Trinajstić information content (AvgIpc) is 2.11. The molecule has 0 aliphatic carbocycles. The van der Waals surface area contributed by atoms with Crippen LogP contribution in [0.25, 0.3) is 0 Å². The highest BCUT2D eigenvalue weighted by molar-refractivity contribution is 6.44. The first-order valence-corrected chi connectivity index (χ1v) is 5.12. The minimum absolute atomic E-state index is 0.139. The molecule has 0 heterocycles. The molecule has 1 aromatic carbocycles. The summed E-state index contributed by atoms with van der Waals surface area (Å²) >= 11 is 17.5. The van der Waals surface area contributed by atoms with Gasteiger partial charge in [0.2, 0.25) is 5.96 Å². The van der Waals surface area contributed by atoms with E-state index >= 15 is 0 Å². The highest BCUT2D eigenvalue weighted by atomic mass is 35.5. The molecule has 0 aliphatic heterocycles. The van der Waals surface area contributed by atoms with E-state index in [1.165, 1.54) is 12.1 Å². The van der Waals surface area contributed by atoms with Gasteiger partial charge in [-0.25, -0.2) is 4.99 Å². The van der Waals surface area contributed by atoms with Crippen molar-refractivity contribution in [2.24, 2.45) is 27.2 Å². The first kappa shape index (κ1) is 12.9. The molecule has 0 aromatic heterocycles. The van der Waals surface area contributed by atoms with E-state index in [2.05, 4.69) is 9.98 Å². The van der Waals surface area contributed by atoms with Gasteiger partial charge in [0.05, 0.1) is 15.7 Å². The molecule has 0 saturated carbocycles. The minimum Gasteiger partial charge on any atom is -0.370 e. The lowest BCUT2D eigenvalue weighted by Gasteiger charge is -2.02. The molecule has 16 heavy (non-hydrogen) atoms. The highest BCUT2D eigenvalue weighted by Crippen LogP contribution is 2.35. The van der Waals surface area contributed by atoms with Crippen LogP contribution in [-0.2, 0) is 0 Å². The van der Waals surface area contributed by atoms with Gasteiger partial charge in [0.25, 0.3) is 0 Å². The Balaban J connectivity index is 3.20. The Labute approximate surface area is 107 Å². The normalized spacial score (nSPS) is 11.3. The van der Waals surface area contributed by atoms with Gasteiger partial charge in [-0.2, -0.15) is 4.99 Å². The topological polar surface area (TPSA) is 103 Å². The van der Waals surface area contributed by atoms with E-state index in [0.29, 0.717) is 10.7 Å². The standard InChI is InChI=1S/C8H8Cl3N5/c9-3-1-4(10)6(11)5(2-3)15-8(14)16-7(12)13/h1-2H,(H6,12,13,14,15,16). The molecule has 0 aliphatic rings. The molecule has 1 rings (SSSR count). The summed E-state index contributed by atoms with van der Waals surface area (Å²) in [5.41, 5.74) is 16.0. The van der Waals surface area contributed by atoms with Gasteiger partial charge in [-0.1, -0.05) is 34.8 Å². The number of rotatable bonds is 1. The van der Waals surface area contributed by atoms with Crippen LogP contribution in [0, 0.1) is 0 Å². The van der Waals surface area contributed by atoms with Crippen molar-refractivity contribution in [3.05, 3.63) is 27.2 Å². The fraction of sp³-hybridized carbons (Fsp3) is 0. The van der Waals surface area contributed by atoms with Gasteiger partial charge in [0.15, 0.2) is 5.96 Å². The van der Waals surface area contributed by atoms with Crippen molar-refractivity contribution < 1.29 is 0 Å². The number of hydrogen-bond acceptors (Lipinski definition) is 1. The number of guanidine groups is 2. The van der Waals surface area contributed by atoms with Crippen LogP contribution in [0.15, 0.2) is 22.1 Å². The van der Waals surface area contributed by atoms with Crippen LogP contribution in [-0.4, -0.2) is 11.9 Å². The summed E-state index contributed by atoms with van der Waals surface area (Å²) in [4.78, 5) is 7.39. The zero-order chi connectivity index (χ0) is 12.3. The van der Waals surface area contributed by atoms with Gasteiger partial charge < -0.3 is 17.2 Å². The second-order valence-electron chi connectivity index (χ2n) is 2.73. The van der Waals surface area contributed by atoms with Crippen molar-refractivity contribution in [2.75, 3.05) is 0 Å². The average molecular weight is 281 g/mol. The summed E-state index contributed by atoms with van der Waals surface area (Å²) < 4.78 is 0. The van der Waals surface area contributed by atoms with Crippen LogP contribution in [0.2, 0.25) is 15.1 Å². The van der Waals surface area contributed by atoms with Crippen LogP contribution in [0.5, 0.6) is 0 Å². The Morgan fingerprint density at radius 2 is 1.69 bits per heavy atom. The van der Waals surface area contributed by atoms with E-state index in [4.69, 9.17) is 52.0 Å². The van der Waals surface area contributed by atoms with Gasteiger partial charge in [-0.05, 0) is 12.1 Å². The number of nitrogens with two attached hydrogens (primary N) is 3. The van der Waals surface area contributed by atoms with E-state index in [9.17, 15) is 0 Å². The number of aliphatic imine (C=N–C) groups is 2. The maximum atomic E-state index is 5.88. The van der Waals surface area contributed by atoms with Crippen LogP contribution >= 0.6 is 34.8 Å². The first-order chi connectivity index (χ1) is 7.40. The molecule has 0 unspecified atom stereocenters. The summed E-state index contributed by atoms with van der Waals surface area (Å²) in [6.07, 6.45) is 0. The molecular weight excluding hydrogens is 272 g/mol. The number of halogens is 3. The van der Waals surface area contributed by atoms with Crippen molar-refractivity contribution in [2.45, 2.75) is 0 Å². The molecule has 0 bridgehead atoms. The predicted molar refractivity (Wildman–Crippen MR) is 68.6 cm³/mol. The minimum atomic E-state index is -0.203. The smallest absolute Gasteiger partial charge is 0.223 e. The molecule has 8 heteroatoms. The molecule has 86 valence electrons. The van der Waals surface area contributed by atoms with E-state index in [1.807, 2.05) is 0 Å². The Bertz CT molecular complexity index is 465. The second kappa shape index (κ2) is 5.25. The Morgan fingerprint density at radius 1 is 1.06 bits per heavy atom. The molecule has 0 spiro atoms. The third-order valence-electron chi connectivity index (χ3n) is 1.45. The predicted octanol–water partition coefficient (Wildman–Crippen LogP) is 1.87. The molecule has 5 nitrogen and oxygen atoms in total.